The zero-order chi connectivity index (χ0) is 28.6. The predicted molar refractivity (Wildman–Crippen MR) is 139 cm³/mol. The van der Waals surface area contributed by atoms with E-state index in [-0.39, 0.29) is 45.7 Å². The lowest BCUT2D eigenvalue weighted by atomic mass is 10.2. The molecule has 0 aliphatic carbocycles. The van der Waals surface area contributed by atoms with E-state index in [1.54, 1.807) is 0 Å². The predicted octanol–water partition coefficient (Wildman–Crippen LogP) is 6.70. The minimum Gasteiger partial charge on any atom is -0.450 e. The third kappa shape index (κ3) is 4.94. The van der Waals surface area contributed by atoms with Gasteiger partial charge < -0.3 is 20.1 Å². The van der Waals surface area contributed by atoms with Crippen LogP contribution in [0.4, 0.5) is 45.5 Å². The molecule has 16 nitrogen and oxygen atoms in total. The number of nitro groups is 4. The fourth-order valence-corrected chi connectivity index (χ4v) is 3.91. The van der Waals surface area contributed by atoms with Gasteiger partial charge in [0.15, 0.2) is 0 Å². The van der Waals surface area contributed by atoms with Crippen molar-refractivity contribution in [3.8, 4) is 23.0 Å². The van der Waals surface area contributed by atoms with Gasteiger partial charge in [-0.25, -0.2) is 0 Å². The van der Waals surface area contributed by atoms with Gasteiger partial charge in [0.25, 0.3) is 11.4 Å². The molecule has 1 aliphatic rings. The highest BCUT2D eigenvalue weighted by molar-refractivity contribution is 5.78. The van der Waals surface area contributed by atoms with E-state index in [1.807, 2.05) is 0 Å². The van der Waals surface area contributed by atoms with Gasteiger partial charge in [-0.05, 0) is 24.3 Å². The largest absolute Gasteiger partial charge is 0.450 e. The summed E-state index contributed by atoms with van der Waals surface area (Å²) in [7, 11) is 0. The monoisotopic (exact) mass is 546 g/mol. The molecule has 0 amide bonds. The molecule has 1 aliphatic heterocycles. The summed E-state index contributed by atoms with van der Waals surface area (Å²) in [6.45, 7) is 0. The second-order valence-corrected chi connectivity index (χ2v) is 8.21. The third-order valence-electron chi connectivity index (χ3n) is 5.62. The summed E-state index contributed by atoms with van der Waals surface area (Å²) in [5, 5.41) is 52.6. The second kappa shape index (κ2) is 9.86. The lowest BCUT2D eigenvalue weighted by Crippen LogP contribution is -2.03. The zero-order valence-corrected chi connectivity index (χ0v) is 19.8. The number of ether oxygens (including phenoxy) is 2. The van der Waals surface area contributed by atoms with Crippen LogP contribution >= 0.6 is 0 Å². The molecule has 4 aromatic carbocycles. The van der Waals surface area contributed by atoms with Crippen LogP contribution in [0.5, 0.6) is 23.0 Å². The van der Waals surface area contributed by atoms with Gasteiger partial charge in [0.05, 0.1) is 19.7 Å². The fraction of sp³-hybridized carbons (Fsp3) is 0. The molecule has 2 N–H and O–H groups in total. The first-order valence-electron chi connectivity index (χ1n) is 11.1. The molecule has 16 heteroatoms. The highest BCUT2D eigenvalue weighted by atomic mass is 16.6. The Morgan fingerprint density at radius 1 is 0.500 bits per heavy atom. The minimum atomic E-state index is -0.831. The van der Waals surface area contributed by atoms with Crippen LogP contribution in [0.3, 0.4) is 0 Å². The van der Waals surface area contributed by atoms with Crippen molar-refractivity contribution in [2.24, 2.45) is 0 Å². The maximum absolute atomic E-state index is 11.7. The second-order valence-electron chi connectivity index (χ2n) is 8.21. The number of nitrogens with zero attached hydrogens (tertiary/aromatic N) is 4. The summed E-state index contributed by atoms with van der Waals surface area (Å²) in [5.74, 6) is -0.553. The number of anilines is 4. The fourth-order valence-electron chi connectivity index (χ4n) is 3.91. The number of nitrogens with one attached hydrogen (secondary N) is 2. The summed E-state index contributed by atoms with van der Waals surface area (Å²) in [6, 6.07) is 15.3. The van der Waals surface area contributed by atoms with Gasteiger partial charge in [-0.1, -0.05) is 12.1 Å². The Hall–Kier alpha value is -6.32. The van der Waals surface area contributed by atoms with E-state index >= 15 is 0 Å². The van der Waals surface area contributed by atoms with Gasteiger partial charge in [-0.2, -0.15) is 0 Å². The molecule has 5 rings (SSSR count). The number of fused-ring (bicyclic) bond motifs is 8. The third-order valence-corrected chi connectivity index (χ3v) is 5.62. The Bertz CT molecular complexity index is 1510. The Labute approximate surface area is 222 Å². The first-order chi connectivity index (χ1) is 19.1. The van der Waals surface area contributed by atoms with Crippen molar-refractivity contribution in [3.05, 3.63) is 113 Å². The lowest BCUT2D eigenvalue weighted by Gasteiger charge is -2.15. The molecule has 0 spiro atoms. The van der Waals surface area contributed by atoms with Crippen molar-refractivity contribution in [3.63, 3.8) is 0 Å². The standard InChI is InChI=1S/C24H14N6O10/c31-27(32)19-11-22(30(37)38)24-9-17(19)25-13-3-1-5-15(7-13)39-23-10-18(20(28(33)34)12-21(23)29(35)36)26-14-4-2-6-16(8-14)40-24/h1-12,25-26H. The zero-order valence-electron chi connectivity index (χ0n) is 19.8. The Kier molecular flexibility index (Phi) is 6.24. The molecule has 0 aromatic heterocycles. The molecule has 200 valence electrons. The minimum absolute atomic E-state index is 0.0445. The van der Waals surface area contributed by atoms with Crippen molar-refractivity contribution in [1.82, 2.24) is 0 Å². The number of benzene rings is 4. The van der Waals surface area contributed by atoms with Crippen molar-refractivity contribution < 1.29 is 29.2 Å². The molecule has 40 heavy (non-hydrogen) atoms. The summed E-state index contributed by atoms with van der Waals surface area (Å²) in [4.78, 5) is 43.7. The van der Waals surface area contributed by atoms with Crippen molar-refractivity contribution in [2.45, 2.75) is 0 Å². The van der Waals surface area contributed by atoms with Gasteiger partial charge in [0.2, 0.25) is 11.5 Å². The number of hydrogen-bond acceptors (Lipinski definition) is 12. The molecule has 0 saturated carbocycles. The maximum Gasteiger partial charge on any atom is 0.318 e. The van der Waals surface area contributed by atoms with E-state index in [4.69, 9.17) is 9.47 Å². The average molecular weight is 546 g/mol. The van der Waals surface area contributed by atoms with Gasteiger partial charge in [-0.15, -0.1) is 0 Å². The van der Waals surface area contributed by atoms with E-state index in [0.717, 1.165) is 24.3 Å². The Morgan fingerprint density at radius 2 is 0.875 bits per heavy atom. The van der Waals surface area contributed by atoms with E-state index in [0.29, 0.717) is 0 Å². The normalized spacial score (nSPS) is 11.6. The lowest BCUT2D eigenvalue weighted by molar-refractivity contribution is -0.394. The average Bonchev–Trinajstić information content (AvgIpc) is 2.88. The smallest absolute Gasteiger partial charge is 0.318 e. The van der Waals surface area contributed by atoms with Crippen LogP contribution in [0.15, 0.2) is 72.8 Å². The number of nitro benzene ring substituents is 4. The molecule has 0 fully saturated rings. The maximum atomic E-state index is 11.7. The Balaban J connectivity index is 1.75. The summed E-state index contributed by atoms with van der Waals surface area (Å²) in [6.07, 6.45) is 0. The van der Waals surface area contributed by atoms with Gasteiger partial charge in [0, 0.05) is 35.6 Å². The van der Waals surface area contributed by atoms with E-state index in [1.165, 1.54) is 48.5 Å². The van der Waals surface area contributed by atoms with Crippen LogP contribution < -0.4 is 20.1 Å². The van der Waals surface area contributed by atoms with Crippen LogP contribution in [-0.4, -0.2) is 19.7 Å². The van der Waals surface area contributed by atoms with Gasteiger partial charge in [0.1, 0.15) is 35.0 Å². The molecule has 0 atom stereocenters. The van der Waals surface area contributed by atoms with E-state index in [9.17, 15) is 40.5 Å². The van der Waals surface area contributed by atoms with Crippen LogP contribution in [0, 0.1) is 40.5 Å². The molecule has 0 saturated heterocycles. The van der Waals surface area contributed by atoms with Gasteiger partial charge >= 0.3 is 11.4 Å². The highest BCUT2D eigenvalue weighted by Gasteiger charge is 2.28. The van der Waals surface area contributed by atoms with Gasteiger partial charge in [-0.3, -0.25) is 40.5 Å². The van der Waals surface area contributed by atoms with Crippen molar-refractivity contribution >= 4 is 45.5 Å². The highest BCUT2D eigenvalue weighted by Crippen LogP contribution is 2.44. The molecule has 1 heterocycles. The summed E-state index contributed by atoms with van der Waals surface area (Å²) in [5.41, 5.74) is -2.43. The van der Waals surface area contributed by atoms with E-state index in [2.05, 4.69) is 10.6 Å². The van der Waals surface area contributed by atoms with Crippen molar-refractivity contribution in [1.29, 1.82) is 0 Å². The molecular formula is C24H14N6O10. The molecule has 0 radical (unpaired) electrons. The van der Waals surface area contributed by atoms with E-state index < -0.39 is 42.4 Å². The van der Waals surface area contributed by atoms with Crippen LogP contribution in [0.2, 0.25) is 0 Å². The summed E-state index contributed by atoms with van der Waals surface area (Å²) < 4.78 is 11.5. The molecule has 0 unspecified atom stereocenters. The quantitative estimate of drug-likeness (QED) is 0.178. The summed E-state index contributed by atoms with van der Waals surface area (Å²) >= 11 is 0. The molecule has 4 aromatic rings. The topological polar surface area (TPSA) is 215 Å². The SMILES string of the molecule is O=[N+]([O-])c1cc([N+](=O)[O-])c2cc1Nc1cccc(c1)Oc1cc(c([N+](=O)[O-])cc1[N+](=O)[O-])Nc1cccc(c1)O2. The Morgan fingerprint density at radius 3 is 1.23 bits per heavy atom. The number of hydrogen-bond donors (Lipinski definition) is 2. The van der Waals surface area contributed by atoms with Crippen LogP contribution in [-0.2, 0) is 0 Å². The molecule has 8 bridgehead atoms. The first kappa shape index (κ1) is 25.3. The first-order valence-corrected chi connectivity index (χ1v) is 11.1. The van der Waals surface area contributed by atoms with Crippen LogP contribution in [0.25, 0.3) is 0 Å². The molecular weight excluding hydrogens is 532 g/mol. The van der Waals surface area contributed by atoms with Crippen molar-refractivity contribution in [2.75, 3.05) is 10.6 Å². The van der Waals surface area contributed by atoms with Crippen LogP contribution in [0.1, 0.15) is 0 Å². The number of rotatable bonds is 4.